The summed E-state index contributed by atoms with van der Waals surface area (Å²) >= 11 is 1.20. The Balaban J connectivity index is 2.19. The minimum Gasteiger partial charge on any atom is -0.321 e. The Hall–Kier alpha value is -2.12. The van der Waals surface area contributed by atoms with Crippen molar-refractivity contribution in [1.29, 1.82) is 0 Å². The second-order valence-corrected chi connectivity index (χ2v) is 5.70. The Kier molecular flexibility index (Phi) is 3.52. The summed E-state index contributed by atoms with van der Waals surface area (Å²) in [5, 5.41) is 0. The maximum atomic E-state index is 13.8. The number of fused-ring (bicyclic) bond motifs is 1. The number of nitrogens with zero attached hydrogens (tertiary/aromatic N) is 2. The SMILES string of the molecule is CC[C@H](N)c1nc2cc(-c3ccncc3F)sc2c(=O)[nH]1. The first-order valence-corrected chi connectivity index (χ1v) is 7.31. The minimum absolute atomic E-state index is 0.246. The van der Waals surface area contributed by atoms with Crippen LogP contribution in [0.4, 0.5) is 4.39 Å². The van der Waals surface area contributed by atoms with E-state index in [-0.39, 0.29) is 11.6 Å². The van der Waals surface area contributed by atoms with Gasteiger partial charge in [0.05, 0.1) is 17.8 Å². The molecule has 0 radical (unpaired) electrons. The summed E-state index contributed by atoms with van der Waals surface area (Å²) in [5.74, 6) is 0.0283. The number of H-pyrrole nitrogens is 1. The maximum Gasteiger partial charge on any atom is 0.268 e. The molecule has 0 amide bonds. The van der Waals surface area contributed by atoms with E-state index in [0.717, 1.165) is 6.20 Å². The van der Waals surface area contributed by atoms with Gasteiger partial charge < -0.3 is 10.7 Å². The van der Waals surface area contributed by atoms with E-state index in [2.05, 4.69) is 15.0 Å². The van der Waals surface area contributed by atoms with Gasteiger partial charge in [-0.15, -0.1) is 11.3 Å². The lowest BCUT2D eigenvalue weighted by Crippen LogP contribution is -2.18. The molecule has 0 bridgehead atoms. The third kappa shape index (κ3) is 2.45. The van der Waals surface area contributed by atoms with Crippen molar-refractivity contribution in [3.63, 3.8) is 0 Å². The normalized spacial score (nSPS) is 12.7. The molecule has 3 heterocycles. The molecular weight excluding hydrogens is 291 g/mol. The van der Waals surface area contributed by atoms with Crippen LogP contribution in [0.15, 0.2) is 29.3 Å². The molecule has 3 aromatic rings. The van der Waals surface area contributed by atoms with E-state index >= 15 is 0 Å². The number of thiophene rings is 1. The van der Waals surface area contributed by atoms with E-state index in [4.69, 9.17) is 5.73 Å². The molecule has 0 spiro atoms. The molecule has 0 aliphatic heterocycles. The fourth-order valence-electron chi connectivity index (χ4n) is 2.03. The zero-order valence-electron chi connectivity index (χ0n) is 11.3. The van der Waals surface area contributed by atoms with Crippen LogP contribution in [0.2, 0.25) is 0 Å². The number of aromatic amines is 1. The van der Waals surface area contributed by atoms with Gasteiger partial charge in [-0.3, -0.25) is 9.78 Å². The Bertz CT molecular complexity index is 858. The third-order valence-electron chi connectivity index (χ3n) is 3.23. The molecular formula is C14H13FN4OS. The first-order chi connectivity index (χ1) is 10.1. The zero-order chi connectivity index (χ0) is 15.0. The quantitative estimate of drug-likeness (QED) is 0.779. The minimum atomic E-state index is -0.425. The highest BCUT2D eigenvalue weighted by atomic mass is 32.1. The van der Waals surface area contributed by atoms with Crippen molar-refractivity contribution >= 4 is 21.6 Å². The Morgan fingerprint density at radius 1 is 1.52 bits per heavy atom. The smallest absolute Gasteiger partial charge is 0.268 e. The molecule has 5 nitrogen and oxygen atoms in total. The highest BCUT2D eigenvalue weighted by Crippen LogP contribution is 2.32. The second kappa shape index (κ2) is 5.34. The number of rotatable bonds is 3. The maximum absolute atomic E-state index is 13.8. The van der Waals surface area contributed by atoms with Crippen LogP contribution in [-0.2, 0) is 0 Å². The fourth-order valence-corrected chi connectivity index (χ4v) is 3.05. The monoisotopic (exact) mass is 304 g/mol. The molecule has 3 rings (SSSR count). The largest absolute Gasteiger partial charge is 0.321 e. The highest BCUT2D eigenvalue weighted by Gasteiger charge is 2.14. The van der Waals surface area contributed by atoms with Gasteiger partial charge in [0.1, 0.15) is 16.3 Å². The molecule has 3 N–H and O–H groups in total. The van der Waals surface area contributed by atoms with Crippen LogP contribution in [0.5, 0.6) is 0 Å². The highest BCUT2D eigenvalue weighted by molar-refractivity contribution is 7.22. The van der Waals surface area contributed by atoms with Crippen LogP contribution in [-0.4, -0.2) is 15.0 Å². The molecule has 0 aliphatic rings. The summed E-state index contributed by atoms with van der Waals surface area (Å²) in [7, 11) is 0. The molecule has 0 aliphatic carbocycles. The van der Waals surface area contributed by atoms with Gasteiger partial charge in [-0.05, 0) is 18.6 Å². The summed E-state index contributed by atoms with van der Waals surface area (Å²) in [6, 6.07) is 2.97. The number of aromatic nitrogens is 3. The number of halogens is 1. The van der Waals surface area contributed by atoms with Gasteiger partial charge in [-0.2, -0.15) is 0 Å². The number of hydrogen-bond acceptors (Lipinski definition) is 5. The average molecular weight is 304 g/mol. The van der Waals surface area contributed by atoms with E-state index in [0.29, 0.717) is 32.9 Å². The molecule has 0 saturated carbocycles. The van der Waals surface area contributed by atoms with Crippen molar-refractivity contribution in [2.75, 3.05) is 0 Å². The number of hydrogen-bond donors (Lipinski definition) is 2. The molecule has 0 saturated heterocycles. The van der Waals surface area contributed by atoms with Crippen molar-refractivity contribution in [1.82, 2.24) is 15.0 Å². The third-order valence-corrected chi connectivity index (χ3v) is 4.39. The lowest BCUT2D eigenvalue weighted by Gasteiger charge is -2.06. The van der Waals surface area contributed by atoms with E-state index in [9.17, 15) is 9.18 Å². The Labute approximate surface area is 123 Å². The predicted octanol–water partition coefficient (Wildman–Crippen LogP) is 2.60. The molecule has 108 valence electrons. The second-order valence-electron chi connectivity index (χ2n) is 4.65. The van der Waals surface area contributed by atoms with Crippen molar-refractivity contribution in [2.24, 2.45) is 5.73 Å². The van der Waals surface area contributed by atoms with E-state index in [1.165, 1.54) is 17.5 Å². The number of nitrogens with two attached hydrogens (primary N) is 1. The Morgan fingerprint density at radius 3 is 3.05 bits per heavy atom. The number of nitrogens with one attached hydrogen (secondary N) is 1. The van der Waals surface area contributed by atoms with Crippen LogP contribution in [0.1, 0.15) is 25.2 Å². The van der Waals surface area contributed by atoms with Crippen LogP contribution in [0.3, 0.4) is 0 Å². The summed E-state index contributed by atoms with van der Waals surface area (Å²) in [4.78, 5) is 23.5. The van der Waals surface area contributed by atoms with Gasteiger partial charge in [0.25, 0.3) is 5.56 Å². The predicted molar refractivity (Wildman–Crippen MR) is 80.6 cm³/mol. The van der Waals surface area contributed by atoms with Gasteiger partial charge >= 0.3 is 0 Å². The molecule has 0 aromatic carbocycles. The van der Waals surface area contributed by atoms with Gasteiger partial charge in [0, 0.05) is 16.6 Å². The topological polar surface area (TPSA) is 84.7 Å². The Morgan fingerprint density at radius 2 is 2.33 bits per heavy atom. The van der Waals surface area contributed by atoms with Crippen molar-refractivity contribution in [3.05, 3.63) is 46.5 Å². The van der Waals surface area contributed by atoms with E-state index in [1.807, 2.05) is 6.92 Å². The van der Waals surface area contributed by atoms with Crippen LogP contribution >= 0.6 is 11.3 Å². The van der Waals surface area contributed by atoms with Crippen molar-refractivity contribution in [3.8, 4) is 10.4 Å². The molecule has 1 atom stereocenters. The van der Waals surface area contributed by atoms with Gasteiger partial charge in [-0.25, -0.2) is 9.37 Å². The number of pyridine rings is 1. The average Bonchev–Trinajstić information content (AvgIpc) is 2.91. The summed E-state index contributed by atoms with van der Waals surface area (Å²) in [6.45, 7) is 1.92. The van der Waals surface area contributed by atoms with Gasteiger partial charge in [0.2, 0.25) is 0 Å². The van der Waals surface area contributed by atoms with Crippen molar-refractivity contribution in [2.45, 2.75) is 19.4 Å². The van der Waals surface area contributed by atoms with Gasteiger partial charge in [0.15, 0.2) is 0 Å². The van der Waals surface area contributed by atoms with E-state index in [1.54, 1.807) is 12.1 Å². The molecule has 0 unspecified atom stereocenters. The lowest BCUT2D eigenvalue weighted by molar-refractivity contribution is 0.625. The van der Waals surface area contributed by atoms with Gasteiger partial charge in [-0.1, -0.05) is 6.92 Å². The molecule has 0 fully saturated rings. The van der Waals surface area contributed by atoms with Crippen LogP contribution in [0, 0.1) is 5.82 Å². The standard InChI is InChI=1S/C14H13FN4OS/c1-2-9(16)13-18-10-5-11(21-12(10)14(20)19-13)7-3-4-17-6-8(7)15/h3-6,9H,2,16H2,1H3,(H,18,19,20)/t9-/m0/s1. The first-order valence-electron chi connectivity index (χ1n) is 6.49. The lowest BCUT2D eigenvalue weighted by atomic mass is 10.2. The summed E-state index contributed by atoms with van der Waals surface area (Å²) in [5.41, 5.74) is 6.60. The van der Waals surface area contributed by atoms with Crippen molar-refractivity contribution < 1.29 is 4.39 Å². The summed E-state index contributed by atoms with van der Waals surface area (Å²) in [6.07, 6.45) is 3.33. The zero-order valence-corrected chi connectivity index (χ0v) is 12.1. The van der Waals surface area contributed by atoms with Crippen LogP contribution in [0.25, 0.3) is 20.7 Å². The molecule has 7 heteroatoms. The molecule has 3 aromatic heterocycles. The van der Waals surface area contributed by atoms with Crippen LogP contribution < -0.4 is 11.3 Å². The van der Waals surface area contributed by atoms with E-state index < -0.39 is 5.82 Å². The molecule has 21 heavy (non-hydrogen) atoms. The summed E-state index contributed by atoms with van der Waals surface area (Å²) < 4.78 is 14.3. The fraction of sp³-hybridized carbons (Fsp3) is 0.214. The first kappa shape index (κ1) is 13.8.